The van der Waals surface area contributed by atoms with E-state index in [2.05, 4.69) is 24.7 Å². The largest absolute Gasteiger partial charge is 0.343 e. The van der Waals surface area contributed by atoms with E-state index in [1.54, 1.807) is 13.0 Å². The molecule has 4 aromatic rings. The number of benzene rings is 1. The van der Waals surface area contributed by atoms with Gasteiger partial charge in [-0.05, 0) is 50.2 Å². The zero-order valence-electron chi connectivity index (χ0n) is 15.1. The fourth-order valence-electron chi connectivity index (χ4n) is 2.88. The molecule has 1 aromatic carbocycles. The number of nitrogens with zero attached hydrogens (tertiary/aromatic N) is 3. The van der Waals surface area contributed by atoms with Crippen LogP contribution in [0.4, 0.5) is 10.1 Å². The molecule has 0 aliphatic heterocycles. The summed E-state index contributed by atoms with van der Waals surface area (Å²) in [5.41, 5.74) is 2.99. The van der Waals surface area contributed by atoms with E-state index in [9.17, 15) is 12.8 Å². The van der Waals surface area contributed by atoms with Gasteiger partial charge in [0.1, 0.15) is 22.7 Å². The molecule has 9 heteroatoms. The minimum Gasteiger partial charge on any atom is -0.343 e. The van der Waals surface area contributed by atoms with Crippen LogP contribution in [-0.4, -0.2) is 28.4 Å². The van der Waals surface area contributed by atoms with Crippen LogP contribution in [0, 0.1) is 19.7 Å². The Bertz CT molecular complexity index is 1280. The molecule has 0 amide bonds. The molecule has 0 aliphatic rings. The molecule has 0 aliphatic carbocycles. The molecule has 28 heavy (non-hydrogen) atoms. The van der Waals surface area contributed by atoms with E-state index in [0.29, 0.717) is 22.4 Å². The Morgan fingerprint density at radius 1 is 1.04 bits per heavy atom. The highest BCUT2D eigenvalue weighted by Crippen LogP contribution is 2.30. The molecule has 0 bridgehead atoms. The van der Waals surface area contributed by atoms with Crippen molar-refractivity contribution in [3.63, 3.8) is 0 Å². The quantitative estimate of drug-likeness (QED) is 0.548. The Kier molecular flexibility index (Phi) is 4.31. The van der Waals surface area contributed by atoms with Crippen molar-refractivity contribution in [2.24, 2.45) is 0 Å². The van der Waals surface area contributed by atoms with Crippen molar-refractivity contribution < 1.29 is 12.8 Å². The van der Waals surface area contributed by atoms with Crippen LogP contribution >= 0.6 is 0 Å². The predicted molar refractivity (Wildman–Crippen MR) is 104 cm³/mol. The number of anilines is 1. The minimum atomic E-state index is -3.87. The molecule has 4 rings (SSSR count). The van der Waals surface area contributed by atoms with Crippen molar-refractivity contribution in [1.82, 2.24) is 19.9 Å². The van der Waals surface area contributed by atoms with Crippen LogP contribution in [0.2, 0.25) is 0 Å². The molecule has 0 spiro atoms. The summed E-state index contributed by atoms with van der Waals surface area (Å²) in [5, 5.41) is 0.693. The molecule has 0 atom stereocenters. The number of aromatic nitrogens is 4. The second kappa shape index (κ2) is 6.68. The molecule has 0 saturated carbocycles. The molecule has 0 unspecified atom stereocenters. The zero-order valence-corrected chi connectivity index (χ0v) is 15.9. The van der Waals surface area contributed by atoms with Gasteiger partial charge in [-0.25, -0.2) is 22.8 Å². The van der Waals surface area contributed by atoms with E-state index in [0.717, 1.165) is 11.8 Å². The third-order valence-electron chi connectivity index (χ3n) is 4.23. The van der Waals surface area contributed by atoms with Gasteiger partial charge in [-0.3, -0.25) is 9.71 Å². The average molecular weight is 397 g/mol. The number of aromatic amines is 1. The SMILES string of the molecule is Cc1ccc(S(=O)(=O)Nc2ccc(-c3ncnc4[nH]c(C)cc34)c(F)c2)cn1. The lowest BCUT2D eigenvalue weighted by atomic mass is 10.1. The standard InChI is InChI=1S/C19H16FN5O2S/c1-11-3-5-14(9-21-11)28(26,27)25-13-4-6-15(17(20)8-13)18-16-7-12(2)24-19(16)23-10-22-18/h3-10,25H,1-2H3,(H,22,23,24). The van der Waals surface area contributed by atoms with E-state index < -0.39 is 15.8 Å². The lowest BCUT2D eigenvalue weighted by Crippen LogP contribution is -2.13. The second-order valence-corrected chi connectivity index (χ2v) is 8.05. The molecule has 142 valence electrons. The maximum atomic E-state index is 14.8. The predicted octanol–water partition coefficient (Wildman–Crippen LogP) is 3.58. The summed E-state index contributed by atoms with van der Waals surface area (Å²) in [6.07, 6.45) is 2.61. The van der Waals surface area contributed by atoms with Crippen molar-refractivity contribution in [3.8, 4) is 11.3 Å². The number of pyridine rings is 1. The van der Waals surface area contributed by atoms with Crippen LogP contribution in [0.1, 0.15) is 11.4 Å². The van der Waals surface area contributed by atoms with E-state index in [1.165, 1.54) is 30.7 Å². The number of hydrogen-bond acceptors (Lipinski definition) is 5. The van der Waals surface area contributed by atoms with Crippen LogP contribution in [0.25, 0.3) is 22.3 Å². The smallest absolute Gasteiger partial charge is 0.263 e. The summed E-state index contributed by atoms with van der Waals surface area (Å²) < 4.78 is 42.1. The number of aryl methyl sites for hydroxylation is 2. The first-order chi connectivity index (χ1) is 13.3. The monoisotopic (exact) mass is 397 g/mol. The van der Waals surface area contributed by atoms with Gasteiger partial charge >= 0.3 is 0 Å². The van der Waals surface area contributed by atoms with Gasteiger partial charge < -0.3 is 4.98 Å². The van der Waals surface area contributed by atoms with Crippen molar-refractivity contribution in [1.29, 1.82) is 0 Å². The van der Waals surface area contributed by atoms with Crippen molar-refractivity contribution in [3.05, 3.63) is 66.1 Å². The summed E-state index contributed by atoms with van der Waals surface area (Å²) >= 11 is 0. The van der Waals surface area contributed by atoms with Gasteiger partial charge in [0.2, 0.25) is 0 Å². The number of nitrogens with one attached hydrogen (secondary N) is 2. The van der Waals surface area contributed by atoms with E-state index in [-0.39, 0.29) is 16.1 Å². The normalized spacial score (nSPS) is 11.7. The Morgan fingerprint density at radius 3 is 2.57 bits per heavy atom. The maximum Gasteiger partial charge on any atom is 0.263 e. The van der Waals surface area contributed by atoms with Crippen molar-refractivity contribution in [2.45, 2.75) is 18.7 Å². The third kappa shape index (κ3) is 3.31. The highest BCUT2D eigenvalue weighted by Gasteiger charge is 2.17. The van der Waals surface area contributed by atoms with Gasteiger partial charge in [-0.15, -0.1) is 0 Å². The topological polar surface area (TPSA) is 101 Å². The number of halogens is 1. The van der Waals surface area contributed by atoms with Gasteiger partial charge in [0.05, 0.1) is 11.4 Å². The van der Waals surface area contributed by atoms with Gasteiger partial charge in [0, 0.05) is 28.5 Å². The van der Waals surface area contributed by atoms with Crippen LogP contribution < -0.4 is 4.72 Å². The molecule has 3 aromatic heterocycles. The molecule has 7 nitrogen and oxygen atoms in total. The molecule has 3 heterocycles. The summed E-state index contributed by atoms with van der Waals surface area (Å²) in [6.45, 7) is 3.63. The van der Waals surface area contributed by atoms with Gasteiger partial charge in [0.15, 0.2) is 0 Å². The summed E-state index contributed by atoms with van der Waals surface area (Å²) in [7, 11) is -3.87. The lowest BCUT2D eigenvalue weighted by molar-refractivity contribution is 0.600. The minimum absolute atomic E-state index is 0.00268. The molecular weight excluding hydrogens is 381 g/mol. The maximum absolute atomic E-state index is 14.8. The first-order valence-corrected chi connectivity index (χ1v) is 9.87. The van der Waals surface area contributed by atoms with E-state index >= 15 is 0 Å². The van der Waals surface area contributed by atoms with Gasteiger partial charge in [-0.2, -0.15) is 0 Å². The van der Waals surface area contributed by atoms with Gasteiger partial charge in [0.25, 0.3) is 10.0 Å². The van der Waals surface area contributed by atoms with E-state index in [4.69, 9.17) is 0 Å². The number of hydrogen-bond donors (Lipinski definition) is 2. The Morgan fingerprint density at radius 2 is 1.86 bits per heavy atom. The Labute approximate surface area is 160 Å². The van der Waals surface area contributed by atoms with E-state index in [1.807, 2.05) is 13.0 Å². The van der Waals surface area contributed by atoms with Crippen LogP contribution in [0.3, 0.4) is 0 Å². The zero-order chi connectivity index (χ0) is 19.9. The summed E-state index contributed by atoms with van der Waals surface area (Å²) in [5.74, 6) is -0.596. The Hall–Kier alpha value is -3.33. The lowest BCUT2D eigenvalue weighted by Gasteiger charge is -2.10. The Balaban J connectivity index is 1.69. The molecule has 0 fully saturated rings. The van der Waals surface area contributed by atoms with Gasteiger partial charge in [-0.1, -0.05) is 0 Å². The van der Waals surface area contributed by atoms with Crippen molar-refractivity contribution in [2.75, 3.05) is 4.72 Å². The molecule has 2 N–H and O–H groups in total. The fraction of sp³-hybridized carbons (Fsp3) is 0.105. The summed E-state index contributed by atoms with van der Waals surface area (Å²) in [4.78, 5) is 15.4. The second-order valence-electron chi connectivity index (χ2n) is 6.37. The van der Waals surface area contributed by atoms with Crippen LogP contribution in [0.5, 0.6) is 0 Å². The fourth-order valence-corrected chi connectivity index (χ4v) is 3.88. The van der Waals surface area contributed by atoms with Crippen LogP contribution in [0.15, 0.2) is 53.8 Å². The molecular formula is C19H16FN5O2S. The highest BCUT2D eigenvalue weighted by molar-refractivity contribution is 7.92. The number of fused-ring (bicyclic) bond motifs is 1. The molecule has 0 radical (unpaired) electrons. The van der Waals surface area contributed by atoms with Crippen LogP contribution in [-0.2, 0) is 10.0 Å². The first-order valence-electron chi connectivity index (χ1n) is 8.39. The number of rotatable bonds is 4. The molecule has 0 saturated heterocycles. The first kappa shape index (κ1) is 18.1. The highest BCUT2D eigenvalue weighted by atomic mass is 32.2. The van der Waals surface area contributed by atoms with Crippen molar-refractivity contribution >= 4 is 26.7 Å². The third-order valence-corrected chi connectivity index (χ3v) is 5.60. The summed E-state index contributed by atoms with van der Waals surface area (Å²) in [6, 6.07) is 8.99. The number of sulfonamides is 1. The number of H-pyrrole nitrogens is 1. The average Bonchev–Trinajstić information content (AvgIpc) is 3.02.